The molecule has 0 aliphatic carbocycles. The quantitative estimate of drug-likeness (QED) is 0.594. The van der Waals surface area contributed by atoms with E-state index in [0.717, 1.165) is 24.4 Å². The first-order valence-electron chi connectivity index (χ1n) is 6.00. The number of aryl methyl sites for hydroxylation is 3. The molecule has 1 aromatic heterocycles. The van der Waals surface area contributed by atoms with Gasteiger partial charge >= 0.3 is 0 Å². The summed E-state index contributed by atoms with van der Waals surface area (Å²) in [4.78, 5) is 11.8. The highest BCUT2D eigenvalue weighted by atomic mass is 32.1. The summed E-state index contributed by atoms with van der Waals surface area (Å²) >= 11 is 4.77. The summed E-state index contributed by atoms with van der Waals surface area (Å²) in [5.74, 6) is -0.524. The molecule has 1 aromatic rings. The number of rotatable bonds is 6. The lowest BCUT2D eigenvalue weighted by atomic mass is 10.1. The number of hydrogen-bond donors (Lipinski definition) is 2. The van der Waals surface area contributed by atoms with Crippen LogP contribution in [0.25, 0.3) is 0 Å². The predicted octanol–water partition coefficient (Wildman–Crippen LogP) is 0.928. The van der Waals surface area contributed by atoms with Crippen LogP contribution in [-0.4, -0.2) is 27.2 Å². The third kappa shape index (κ3) is 4.10. The molecule has 1 unspecified atom stereocenters. The van der Waals surface area contributed by atoms with Crippen molar-refractivity contribution in [1.29, 1.82) is 0 Å². The van der Waals surface area contributed by atoms with Gasteiger partial charge in [0.15, 0.2) is 0 Å². The Morgan fingerprint density at radius 1 is 1.61 bits per heavy atom. The second-order valence-electron chi connectivity index (χ2n) is 4.42. The van der Waals surface area contributed by atoms with Gasteiger partial charge in [0, 0.05) is 18.8 Å². The summed E-state index contributed by atoms with van der Waals surface area (Å²) in [7, 11) is 0. The van der Waals surface area contributed by atoms with E-state index in [-0.39, 0.29) is 10.9 Å². The van der Waals surface area contributed by atoms with Crippen molar-refractivity contribution in [3.63, 3.8) is 0 Å². The van der Waals surface area contributed by atoms with Gasteiger partial charge in [0.2, 0.25) is 5.91 Å². The first-order valence-corrected chi connectivity index (χ1v) is 6.40. The van der Waals surface area contributed by atoms with Crippen LogP contribution in [-0.2, 0) is 11.3 Å². The maximum atomic E-state index is 11.6. The van der Waals surface area contributed by atoms with Gasteiger partial charge in [0.1, 0.15) is 0 Å². The minimum absolute atomic E-state index is 0.115. The molecule has 0 bridgehead atoms. The average molecular weight is 268 g/mol. The van der Waals surface area contributed by atoms with Gasteiger partial charge < -0.3 is 11.1 Å². The van der Waals surface area contributed by atoms with E-state index in [2.05, 4.69) is 10.4 Å². The van der Waals surface area contributed by atoms with E-state index in [0.29, 0.717) is 6.54 Å². The molecule has 0 radical (unpaired) electrons. The number of amides is 1. The second kappa shape index (κ2) is 6.49. The Balaban J connectivity index is 2.29. The summed E-state index contributed by atoms with van der Waals surface area (Å²) in [6, 6.07) is 2.04. The van der Waals surface area contributed by atoms with E-state index in [1.165, 1.54) is 0 Å². The molecule has 0 spiro atoms. The topological polar surface area (TPSA) is 72.9 Å². The van der Waals surface area contributed by atoms with Crippen LogP contribution in [0.5, 0.6) is 0 Å². The molecule has 18 heavy (non-hydrogen) atoms. The molecule has 0 saturated carbocycles. The zero-order valence-electron chi connectivity index (χ0n) is 11.1. The van der Waals surface area contributed by atoms with Gasteiger partial charge in [0.25, 0.3) is 0 Å². The van der Waals surface area contributed by atoms with E-state index in [4.69, 9.17) is 18.0 Å². The van der Waals surface area contributed by atoms with E-state index < -0.39 is 5.92 Å². The molecule has 100 valence electrons. The zero-order chi connectivity index (χ0) is 13.7. The Labute approximate surface area is 113 Å². The molecule has 1 rings (SSSR count). The van der Waals surface area contributed by atoms with Crippen molar-refractivity contribution < 1.29 is 4.79 Å². The lowest BCUT2D eigenvalue weighted by Crippen LogP contribution is -2.36. The van der Waals surface area contributed by atoms with Gasteiger partial charge in [-0.25, -0.2) is 0 Å². The largest absolute Gasteiger partial charge is 0.393 e. The highest BCUT2D eigenvalue weighted by Crippen LogP contribution is 2.02. The molecular formula is C12H20N4OS. The van der Waals surface area contributed by atoms with Crippen LogP contribution < -0.4 is 11.1 Å². The van der Waals surface area contributed by atoms with Gasteiger partial charge in [0.05, 0.1) is 16.6 Å². The fourth-order valence-corrected chi connectivity index (χ4v) is 1.73. The molecule has 0 aliphatic heterocycles. The Bertz CT molecular complexity index is 441. The van der Waals surface area contributed by atoms with Crippen molar-refractivity contribution in [2.45, 2.75) is 33.7 Å². The van der Waals surface area contributed by atoms with Crippen molar-refractivity contribution in [1.82, 2.24) is 15.1 Å². The van der Waals surface area contributed by atoms with E-state index >= 15 is 0 Å². The Morgan fingerprint density at radius 3 is 2.78 bits per heavy atom. The van der Waals surface area contributed by atoms with Gasteiger partial charge in [-0.2, -0.15) is 5.10 Å². The number of hydrogen-bond acceptors (Lipinski definition) is 3. The third-order valence-corrected chi connectivity index (χ3v) is 3.12. The zero-order valence-corrected chi connectivity index (χ0v) is 11.9. The van der Waals surface area contributed by atoms with Crippen molar-refractivity contribution in [2.75, 3.05) is 6.54 Å². The number of carbonyl (C=O) groups excluding carboxylic acids is 1. The fourth-order valence-electron chi connectivity index (χ4n) is 1.62. The highest BCUT2D eigenvalue weighted by Gasteiger charge is 2.14. The molecule has 0 fully saturated rings. The van der Waals surface area contributed by atoms with Gasteiger partial charge in [-0.1, -0.05) is 12.2 Å². The van der Waals surface area contributed by atoms with Crippen molar-refractivity contribution in [3.05, 3.63) is 17.5 Å². The number of thiocarbonyl (C=S) groups is 1. The van der Waals surface area contributed by atoms with Crippen LogP contribution >= 0.6 is 12.2 Å². The standard InChI is InChI=1S/C12H20N4OS/c1-8-7-9(2)16(15-8)6-4-5-14-12(17)10(3)11(13)18/h7,10H,4-6H2,1-3H3,(H2,13,18)(H,14,17). The number of carbonyl (C=O) groups is 1. The predicted molar refractivity (Wildman–Crippen MR) is 75.3 cm³/mol. The molecule has 1 heterocycles. The van der Waals surface area contributed by atoms with Gasteiger partial charge in [-0.15, -0.1) is 0 Å². The minimum Gasteiger partial charge on any atom is -0.393 e. The van der Waals surface area contributed by atoms with Crippen LogP contribution in [0.4, 0.5) is 0 Å². The maximum absolute atomic E-state index is 11.6. The first-order chi connectivity index (χ1) is 8.41. The molecule has 3 N–H and O–H groups in total. The summed E-state index contributed by atoms with van der Waals surface area (Å²) in [6.45, 7) is 7.09. The Kier molecular flexibility index (Phi) is 5.27. The Hall–Kier alpha value is -1.43. The van der Waals surface area contributed by atoms with Crippen molar-refractivity contribution in [2.24, 2.45) is 11.7 Å². The third-order valence-electron chi connectivity index (χ3n) is 2.77. The van der Waals surface area contributed by atoms with Gasteiger partial charge in [-0.3, -0.25) is 9.48 Å². The van der Waals surface area contributed by atoms with E-state index in [1.54, 1.807) is 6.92 Å². The van der Waals surface area contributed by atoms with Crippen LogP contribution in [0.3, 0.4) is 0 Å². The highest BCUT2D eigenvalue weighted by molar-refractivity contribution is 7.80. The summed E-state index contributed by atoms with van der Waals surface area (Å²) in [5, 5.41) is 7.17. The molecule has 5 nitrogen and oxygen atoms in total. The monoisotopic (exact) mass is 268 g/mol. The Morgan fingerprint density at radius 2 is 2.28 bits per heavy atom. The van der Waals surface area contributed by atoms with E-state index in [9.17, 15) is 4.79 Å². The number of aromatic nitrogens is 2. The molecule has 1 amide bonds. The average Bonchev–Trinajstić information content (AvgIpc) is 2.62. The number of nitrogens with zero attached hydrogens (tertiary/aromatic N) is 2. The molecular weight excluding hydrogens is 248 g/mol. The molecule has 6 heteroatoms. The van der Waals surface area contributed by atoms with Crippen LogP contribution in [0.2, 0.25) is 0 Å². The number of nitrogens with one attached hydrogen (secondary N) is 1. The molecule has 0 aliphatic rings. The lowest BCUT2D eigenvalue weighted by Gasteiger charge is -2.10. The SMILES string of the molecule is Cc1cc(C)n(CCCNC(=O)C(C)C(N)=S)n1. The van der Waals surface area contributed by atoms with Crippen molar-refractivity contribution in [3.8, 4) is 0 Å². The second-order valence-corrected chi connectivity index (χ2v) is 4.89. The summed E-state index contributed by atoms with van der Waals surface area (Å²) in [6.07, 6.45) is 0.831. The van der Waals surface area contributed by atoms with Gasteiger partial charge in [-0.05, 0) is 33.3 Å². The van der Waals surface area contributed by atoms with Crippen molar-refractivity contribution >= 4 is 23.1 Å². The van der Waals surface area contributed by atoms with E-state index in [1.807, 2.05) is 24.6 Å². The summed E-state index contributed by atoms with van der Waals surface area (Å²) in [5.41, 5.74) is 7.56. The first kappa shape index (κ1) is 14.6. The fraction of sp³-hybridized carbons (Fsp3) is 0.583. The maximum Gasteiger partial charge on any atom is 0.229 e. The minimum atomic E-state index is -0.409. The smallest absolute Gasteiger partial charge is 0.229 e. The van der Waals surface area contributed by atoms with Crippen LogP contribution in [0.15, 0.2) is 6.07 Å². The van der Waals surface area contributed by atoms with Crippen LogP contribution in [0.1, 0.15) is 24.7 Å². The lowest BCUT2D eigenvalue weighted by molar-refractivity contribution is -0.122. The van der Waals surface area contributed by atoms with Crippen LogP contribution in [0, 0.1) is 19.8 Å². The molecule has 0 saturated heterocycles. The summed E-state index contributed by atoms with van der Waals surface area (Å²) < 4.78 is 1.94. The number of nitrogens with two attached hydrogens (primary N) is 1. The molecule has 0 aromatic carbocycles. The molecule has 1 atom stereocenters. The normalized spacial score (nSPS) is 12.2.